The van der Waals surface area contributed by atoms with Crippen LogP contribution in [0.1, 0.15) is 27.0 Å². The normalized spacial score (nSPS) is 10.8. The summed E-state index contributed by atoms with van der Waals surface area (Å²) >= 11 is 0. The molecule has 4 rings (SSSR count). The monoisotopic (exact) mass is 343 g/mol. The van der Waals surface area contributed by atoms with Crippen LogP contribution in [0.25, 0.3) is 11.0 Å². The van der Waals surface area contributed by atoms with Gasteiger partial charge in [0.25, 0.3) is 0 Å². The van der Waals surface area contributed by atoms with Crippen LogP contribution in [0, 0.1) is 0 Å². The van der Waals surface area contributed by atoms with E-state index in [4.69, 9.17) is 4.74 Å². The van der Waals surface area contributed by atoms with Crippen molar-refractivity contribution in [3.63, 3.8) is 0 Å². The molecule has 1 aromatic carbocycles. The maximum Gasteiger partial charge on any atom is 0.196 e. The third kappa shape index (κ3) is 3.07. The predicted octanol–water partition coefficient (Wildman–Crippen LogP) is 3.79. The largest absolute Gasteiger partial charge is 0.497 e. The van der Waals surface area contributed by atoms with Crippen molar-refractivity contribution < 1.29 is 9.53 Å². The Labute approximate surface area is 150 Å². The van der Waals surface area contributed by atoms with E-state index in [1.807, 2.05) is 36.5 Å². The molecule has 26 heavy (non-hydrogen) atoms. The van der Waals surface area contributed by atoms with Crippen molar-refractivity contribution in [2.75, 3.05) is 7.11 Å². The first-order valence-corrected chi connectivity index (χ1v) is 8.28. The zero-order valence-corrected chi connectivity index (χ0v) is 14.3. The summed E-state index contributed by atoms with van der Waals surface area (Å²) in [5, 5.41) is 0.824. The summed E-state index contributed by atoms with van der Waals surface area (Å²) in [6.07, 6.45) is 7.51. The van der Waals surface area contributed by atoms with Gasteiger partial charge in [-0.15, -0.1) is 0 Å². The number of fused-ring (bicyclic) bond motifs is 1. The van der Waals surface area contributed by atoms with E-state index in [0.717, 1.165) is 28.7 Å². The van der Waals surface area contributed by atoms with Crippen molar-refractivity contribution in [3.8, 4) is 5.75 Å². The van der Waals surface area contributed by atoms with E-state index >= 15 is 0 Å². The van der Waals surface area contributed by atoms with Gasteiger partial charge in [0, 0.05) is 41.3 Å². The first-order chi connectivity index (χ1) is 12.7. The maximum atomic E-state index is 12.8. The molecule has 4 aromatic rings. The van der Waals surface area contributed by atoms with Gasteiger partial charge in [-0.05, 0) is 47.9 Å². The van der Waals surface area contributed by atoms with Crippen molar-refractivity contribution in [3.05, 3.63) is 89.5 Å². The lowest BCUT2D eigenvalue weighted by molar-refractivity contribution is 0.104. The lowest BCUT2D eigenvalue weighted by Crippen LogP contribution is -2.01. The SMILES string of the molecule is COc1ccc(Cc2cnc3[nH]cc(C(=O)c4cccnc4)c3c2)cc1. The van der Waals surface area contributed by atoms with Crippen molar-refractivity contribution >= 4 is 16.8 Å². The Balaban J connectivity index is 1.67. The van der Waals surface area contributed by atoms with Crippen molar-refractivity contribution in [1.29, 1.82) is 0 Å². The number of hydrogen-bond acceptors (Lipinski definition) is 4. The molecule has 5 heteroatoms. The minimum atomic E-state index is -0.0623. The predicted molar refractivity (Wildman–Crippen MR) is 99.6 cm³/mol. The topological polar surface area (TPSA) is 67.9 Å². The highest BCUT2D eigenvalue weighted by molar-refractivity contribution is 6.15. The van der Waals surface area contributed by atoms with E-state index in [1.165, 1.54) is 0 Å². The summed E-state index contributed by atoms with van der Waals surface area (Å²) in [7, 11) is 1.65. The quantitative estimate of drug-likeness (QED) is 0.560. The van der Waals surface area contributed by atoms with Gasteiger partial charge in [-0.1, -0.05) is 12.1 Å². The number of pyridine rings is 2. The molecule has 0 aliphatic carbocycles. The van der Waals surface area contributed by atoms with Crippen molar-refractivity contribution in [2.45, 2.75) is 6.42 Å². The van der Waals surface area contributed by atoms with Gasteiger partial charge in [0.1, 0.15) is 11.4 Å². The summed E-state index contributed by atoms with van der Waals surface area (Å²) < 4.78 is 5.19. The molecule has 0 saturated carbocycles. The minimum absolute atomic E-state index is 0.0623. The molecule has 1 N–H and O–H groups in total. The van der Waals surface area contributed by atoms with Crippen molar-refractivity contribution in [2.24, 2.45) is 0 Å². The first kappa shape index (κ1) is 16.0. The van der Waals surface area contributed by atoms with Crippen LogP contribution in [0.2, 0.25) is 0 Å². The second-order valence-corrected chi connectivity index (χ2v) is 6.04. The van der Waals surface area contributed by atoms with E-state index in [2.05, 4.69) is 15.0 Å². The number of nitrogens with zero attached hydrogens (tertiary/aromatic N) is 2. The number of carbonyl (C=O) groups is 1. The second kappa shape index (κ2) is 6.80. The number of methoxy groups -OCH3 is 1. The summed E-state index contributed by atoms with van der Waals surface area (Å²) in [5.41, 5.74) is 4.08. The van der Waals surface area contributed by atoms with E-state index in [-0.39, 0.29) is 5.78 Å². The number of ether oxygens (including phenoxy) is 1. The van der Waals surface area contributed by atoms with Gasteiger partial charge in [-0.2, -0.15) is 0 Å². The van der Waals surface area contributed by atoms with Crippen LogP contribution >= 0.6 is 0 Å². The van der Waals surface area contributed by atoms with Crippen LogP contribution in [-0.2, 0) is 6.42 Å². The van der Waals surface area contributed by atoms with E-state index in [9.17, 15) is 4.79 Å². The highest BCUT2D eigenvalue weighted by Crippen LogP contribution is 2.22. The van der Waals surface area contributed by atoms with Gasteiger partial charge in [0.2, 0.25) is 0 Å². The lowest BCUT2D eigenvalue weighted by atomic mass is 10.0. The average Bonchev–Trinajstić information content (AvgIpc) is 3.12. The zero-order valence-electron chi connectivity index (χ0n) is 14.3. The van der Waals surface area contributed by atoms with E-state index in [1.54, 1.807) is 37.8 Å². The molecule has 128 valence electrons. The molecule has 0 unspecified atom stereocenters. The number of rotatable bonds is 5. The molecular weight excluding hydrogens is 326 g/mol. The Morgan fingerprint density at radius 2 is 1.96 bits per heavy atom. The number of hydrogen-bond donors (Lipinski definition) is 1. The number of aromatic amines is 1. The molecule has 3 heterocycles. The van der Waals surface area contributed by atoms with Gasteiger partial charge >= 0.3 is 0 Å². The lowest BCUT2D eigenvalue weighted by Gasteiger charge is -2.05. The Kier molecular flexibility index (Phi) is 4.19. The van der Waals surface area contributed by atoms with Gasteiger partial charge < -0.3 is 9.72 Å². The molecular formula is C21H17N3O2. The van der Waals surface area contributed by atoms with Crippen LogP contribution < -0.4 is 4.74 Å². The number of aromatic nitrogens is 3. The first-order valence-electron chi connectivity index (χ1n) is 8.28. The number of carbonyl (C=O) groups excluding carboxylic acids is 1. The average molecular weight is 343 g/mol. The molecule has 0 fully saturated rings. The molecule has 0 amide bonds. The third-order valence-electron chi connectivity index (χ3n) is 4.32. The van der Waals surface area contributed by atoms with Crippen LogP contribution in [0.15, 0.2) is 67.3 Å². The smallest absolute Gasteiger partial charge is 0.196 e. The Morgan fingerprint density at radius 3 is 2.69 bits per heavy atom. The van der Waals surface area contributed by atoms with Crippen LogP contribution in [0.5, 0.6) is 5.75 Å². The zero-order chi connectivity index (χ0) is 17.9. The summed E-state index contributed by atoms with van der Waals surface area (Å²) in [4.78, 5) is 24.3. The minimum Gasteiger partial charge on any atom is -0.497 e. The number of nitrogens with one attached hydrogen (secondary N) is 1. The Bertz CT molecular complexity index is 1050. The second-order valence-electron chi connectivity index (χ2n) is 6.04. The van der Waals surface area contributed by atoms with Crippen LogP contribution in [0.4, 0.5) is 0 Å². The van der Waals surface area contributed by atoms with Gasteiger partial charge in [-0.25, -0.2) is 4.98 Å². The Hall–Kier alpha value is -3.47. The molecule has 5 nitrogen and oxygen atoms in total. The molecule has 0 aliphatic heterocycles. The standard InChI is InChI=1S/C21H17N3O2/c1-26-17-6-4-14(5-7-17)9-15-10-18-19(13-24-21(18)23-11-15)20(25)16-3-2-8-22-12-16/h2-8,10-13H,9H2,1H3,(H,23,24). The Morgan fingerprint density at radius 1 is 1.12 bits per heavy atom. The van der Waals surface area contributed by atoms with Crippen molar-refractivity contribution in [1.82, 2.24) is 15.0 Å². The third-order valence-corrected chi connectivity index (χ3v) is 4.32. The van der Waals surface area contributed by atoms with Gasteiger partial charge in [-0.3, -0.25) is 9.78 Å². The van der Waals surface area contributed by atoms with Gasteiger partial charge in [0.05, 0.1) is 7.11 Å². The number of H-pyrrole nitrogens is 1. The fourth-order valence-electron chi connectivity index (χ4n) is 2.96. The van der Waals surface area contributed by atoms with E-state index < -0.39 is 0 Å². The fourth-order valence-corrected chi connectivity index (χ4v) is 2.96. The molecule has 0 aliphatic rings. The van der Waals surface area contributed by atoms with Gasteiger partial charge in [0.15, 0.2) is 5.78 Å². The van der Waals surface area contributed by atoms with Crippen LogP contribution in [-0.4, -0.2) is 27.8 Å². The maximum absolute atomic E-state index is 12.8. The highest BCUT2D eigenvalue weighted by atomic mass is 16.5. The molecule has 0 saturated heterocycles. The summed E-state index contributed by atoms with van der Waals surface area (Å²) in [5.74, 6) is 0.769. The van der Waals surface area contributed by atoms with E-state index in [0.29, 0.717) is 16.8 Å². The molecule has 3 aromatic heterocycles. The highest BCUT2D eigenvalue weighted by Gasteiger charge is 2.15. The summed E-state index contributed by atoms with van der Waals surface area (Å²) in [6.45, 7) is 0. The molecule has 0 spiro atoms. The summed E-state index contributed by atoms with van der Waals surface area (Å²) in [6, 6.07) is 13.5. The molecule has 0 bridgehead atoms. The molecule has 0 radical (unpaired) electrons. The van der Waals surface area contributed by atoms with Crippen LogP contribution in [0.3, 0.4) is 0 Å². The number of ketones is 1. The number of benzene rings is 1. The molecule has 0 atom stereocenters. The fraction of sp³-hybridized carbons (Fsp3) is 0.0952.